The Labute approximate surface area is 114 Å². The van der Waals surface area contributed by atoms with Crippen molar-refractivity contribution in [1.82, 2.24) is 9.55 Å². The van der Waals surface area contributed by atoms with Crippen molar-refractivity contribution in [3.63, 3.8) is 0 Å². The number of hydrogen-bond acceptors (Lipinski definition) is 3. The monoisotopic (exact) mass is 304 g/mol. The van der Waals surface area contributed by atoms with E-state index >= 15 is 0 Å². The predicted octanol–water partition coefficient (Wildman–Crippen LogP) is 3.02. The Bertz CT molecular complexity index is 543. The van der Waals surface area contributed by atoms with Crippen molar-refractivity contribution in [2.75, 3.05) is 11.9 Å². The number of rotatable bonds is 5. The van der Waals surface area contributed by atoms with Gasteiger partial charge in [-0.2, -0.15) is 5.26 Å². The zero-order valence-electron chi connectivity index (χ0n) is 9.81. The number of nitrogens with one attached hydrogen (secondary N) is 1. The number of anilines is 1. The first-order valence-corrected chi connectivity index (χ1v) is 6.47. The van der Waals surface area contributed by atoms with E-state index in [1.54, 1.807) is 12.3 Å². The fraction of sp³-hybridized carbons (Fsp3) is 0.231. The third kappa shape index (κ3) is 3.60. The second-order valence-electron chi connectivity index (χ2n) is 3.92. The molecule has 0 radical (unpaired) electrons. The number of hydrogen-bond donors (Lipinski definition) is 1. The zero-order chi connectivity index (χ0) is 12.8. The van der Waals surface area contributed by atoms with Gasteiger partial charge < -0.3 is 9.88 Å². The molecule has 0 fully saturated rings. The highest BCUT2D eigenvalue weighted by atomic mass is 79.9. The van der Waals surface area contributed by atoms with Gasteiger partial charge in [-0.05, 0) is 24.6 Å². The van der Waals surface area contributed by atoms with E-state index in [1.165, 1.54) is 0 Å². The van der Waals surface area contributed by atoms with Gasteiger partial charge in [0.25, 0.3) is 0 Å². The second kappa shape index (κ2) is 6.22. The first kappa shape index (κ1) is 12.7. The summed E-state index contributed by atoms with van der Waals surface area (Å²) in [5, 5.41) is 12.2. The normalized spacial score (nSPS) is 10.0. The molecule has 0 unspecified atom stereocenters. The maximum absolute atomic E-state index is 8.87. The van der Waals surface area contributed by atoms with Crippen molar-refractivity contribution in [3.8, 4) is 6.07 Å². The van der Waals surface area contributed by atoms with Gasteiger partial charge in [0.1, 0.15) is 0 Å². The molecule has 0 aliphatic rings. The molecule has 1 N–H and O–H groups in total. The molecule has 0 saturated carbocycles. The van der Waals surface area contributed by atoms with Crippen LogP contribution < -0.4 is 5.32 Å². The Morgan fingerprint density at radius 1 is 1.39 bits per heavy atom. The molecule has 92 valence electrons. The third-order valence-corrected chi connectivity index (χ3v) is 2.97. The van der Waals surface area contributed by atoms with Crippen LogP contribution in [0.3, 0.4) is 0 Å². The van der Waals surface area contributed by atoms with Crippen molar-refractivity contribution in [3.05, 3.63) is 47.0 Å². The Hall–Kier alpha value is -1.80. The van der Waals surface area contributed by atoms with Crippen molar-refractivity contribution < 1.29 is 0 Å². The molecule has 0 spiro atoms. The summed E-state index contributed by atoms with van der Waals surface area (Å²) in [5.41, 5.74) is 1.62. The van der Waals surface area contributed by atoms with Crippen molar-refractivity contribution in [1.29, 1.82) is 5.26 Å². The number of benzene rings is 1. The van der Waals surface area contributed by atoms with E-state index in [9.17, 15) is 0 Å². The molecule has 1 heterocycles. The van der Waals surface area contributed by atoms with Crippen molar-refractivity contribution in [2.24, 2.45) is 0 Å². The number of nitriles is 1. The van der Waals surface area contributed by atoms with Gasteiger partial charge in [0.2, 0.25) is 0 Å². The molecule has 0 aliphatic carbocycles. The van der Waals surface area contributed by atoms with Gasteiger partial charge in [-0.3, -0.25) is 0 Å². The number of halogens is 1. The molecule has 0 bridgehead atoms. The third-order valence-electron chi connectivity index (χ3n) is 2.51. The second-order valence-corrected chi connectivity index (χ2v) is 4.84. The van der Waals surface area contributed by atoms with Crippen LogP contribution in [0.5, 0.6) is 0 Å². The highest BCUT2D eigenvalue weighted by Crippen LogP contribution is 2.19. The lowest BCUT2D eigenvalue weighted by Crippen LogP contribution is -2.05. The van der Waals surface area contributed by atoms with Gasteiger partial charge in [0.05, 0.1) is 18.0 Å². The first-order valence-electron chi connectivity index (χ1n) is 5.68. The summed E-state index contributed by atoms with van der Waals surface area (Å²) in [6.45, 7) is 1.80. The summed E-state index contributed by atoms with van der Waals surface area (Å²) in [7, 11) is 0. The molecule has 0 saturated heterocycles. The van der Waals surface area contributed by atoms with Crippen LogP contribution in [0, 0.1) is 11.3 Å². The van der Waals surface area contributed by atoms with Gasteiger partial charge in [-0.25, -0.2) is 4.98 Å². The average Bonchev–Trinajstić information content (AvgIpc) is 2.87. The van der Waals surface area contributed by atoms with E-state index in [1.807, 2.05) is 29.2 Å². The number of nitrogens with zero attached hydrogens (tertiary/aromatic N) is 3. The van der Waals surface area contributed by atoms with Gasteiger partial charge in [0.15, 0.2) is 0 Å². The summed E-state index contributed by atoms with van der Waals surface area (Å²) in [4.78, 5) is 3.99. The number of aryl methyl sites for hydroxylation is 1. The maximum atomic E-state index is 8.87. The van der Waals surface area contributed by atoms with Crippen LogP contribution >= 0.6 is 15.9 Å². The SMILES string of the molecule is N#Cc1cc(Br)cc(NCCCn2ccnc2)c1. The Morgan fingerprint density at radius 2 is 2.28 bits per heavy atom. The standard InChI is InChI=1S/C13H13BrN4/c14-12-6-11(9-15)7-13(8-12)17-2-1-4-18-5-3-16-10-18/h3,5-8,10,17H,1-2,4H2. The van der Waals surface area contributed by atoms with Gasteiger partial charge in [0, 0.05) is 35.6 Å². The van der Waals surface area contributed by atoms with Crippen LogP contribution in [0.15, 0.2) is 41.4 Å². The number of aromatic nitrogens is 2. The molecule has 1 aromatic heterocycles. The molecular weight excluding hydrogens is 292 g/mol. The largest absolute Gasteiger partial charge is 0.385 e. The molecule has 1 aromatic carbocycles. The lowest BCUT2D eigenvalue weighted by Gasteiger charge is -2.07. The molecular formula is C13H13BrN4. The zero-order valence-corrected chi connectivity index (χ0v) is 11.4. The summed E-state index contributed by atoms with van der Waals surface area (Å²) in [6.07, 6.45) is 6.55. The van der Waals surface area contributed by atoms with Gasteiger partial charge in [-0.1, -0.05) is 15.9 Å². The summed E-state index contributed by atoms with van der Waals surface area (Å²) in [5.74, 6) is 0. The van der Waals surface area contributed by atoms with Gasteiger partial charge >= 0.3 is 0 Å². The van der Waals surface area contributed by atoms with E-state index in [4.69, 9.17) is 5.26 Å². The minimum Gasteiger partial charge on any atom is -0.385 e. The molecule has 18 heavy (non-hydrogen) atoms. The highest BCUT2D eigenvalue weighted by molar-refractivity contribution is 9.10. The van der Waals surface area contributed by atoms with Crippen molar-refractivity contribution in [2.45, 2.75) is 13.0 Å². The summed E-state index contributed by atoms with van der Waals surface area (Å²) < 4.78 is 2.96. The average molecular weight is 305 g/mol. The lowest BCUT2D eigenvalue weighted by atomic mass is 10.2. The van der Waals surface area contributed by atoms with E-state index in [-0.39, 0.29) is 0 Å². The van der Waals surface area contributed by atoms with Gasteiger partial charge in [-0.15, -0.1) is 0 Å². The van der Waals surface area contributed by atoms with Crippen LogP contribution in [0.4, 0.5) is 5.69 Å². The van der Waals surface area contributed by atoms with Crippen LogP contribution in [0.1, 0.15) is 12.0 Å². The Kier molecular flexibility index (Phi) is 4.37. The first-order chi connectivity index (χ1) is 8.78. The molecule has 4 nitrogen and oxygen atoms in total. The fourth-order valence-electron chi connectivity index (χ4n) is 1.67. The lowest BCUT2D eigenvalue weighted by molar-refractivity contribution is 0.661. The molecule has 0 amide bonds. The summed E-state index contributed by atoms with van der Waals surface area (Å²) in [6, 6.07) is 7.76. The Morgan fingerprint density at radius 3 is 3.00 bits per heavy atom. The highest BCUT2D eigenvalue weighted by Gasteiger charge is 1.98. The minimum atomic E-state index is 0.654. The quantitative estimate of drug-likeness (QED) is 0.864. The number of imidazole rings is 1. The van der Waals surface area contributed by atoms with Crippen molar-refractivity contribution >= 4 is 21.6 Å². The summed E-state index contributed by atoms with van der Waals surface area (Å²) >= 11 is 3.39. The minimum absolute atomic E-state index is 0.654. The van der Waals surface area contributed by atoms with Crippen LogP contribution in [-0.4, -0.2) is 16.1 Å². The van der Waals surface area contributed by atoms with E-state index < -0.39 is 0 Å². The predicted molar refractivity (Wildman–Crippen MR) is 74.2 cm³/mol. The van der Waals surface area contributed by atoms with E-state index in [0.717, 1.165) is 29.7 Å². The molecule has 2 aromatic rings. The Balaban J connectivity index is 1.83. The molecule has 0 aliphatic heterocycles. The van der Waals surface area contributed by atoms with Crippen LogP contribution in [0.2, 0.25) is 0 Å². The van der Waals surface area contributed by atoms with E-state index in [0.29, 0.717) is 5.56 Å². The molecule has 5 heteroatoms. The van der Waals surface area contributed by atoms with Crippen LogP contribution in [0.25, 0.3) is 0 Å². The topological polar surface area (TPSA) is 53.6 Å². The molecule has 0 atom stereocenters. The maximum Gasteiger partial charge on any atom is 0.0992 e. The fourth-order valence-corrected chi connectivity index (χ4v) is 2.16. The van der Waals surface area contributed by atoms with E-state index in [2.05, 4.69) is 32.3 Å². The smallest absolute Gasteiger partial charge is 0.0992 e. The van der Waals surface area contributed by atoms with Crippen LogP contribution in [-0.2, 0) is 6.54 Å². The molecule has 2 rings (SSSR count).